The molecule has 2 aromatic carbocycles. The van der Waals surface area contributed by atoms with Gasteiger partial charge in [-0.3, -0.25) is 0 Å². The predicted molar refractivity (Wildman–Crippen MR) is 88.4 cm³/mol. The number of rotatable bonds is 8. The molecule has 0 spiro atoms. The second-order valence-corrected chi connectivity index (χ2v) is 5.08. The molecule has 0 aromatic heterocycles. The normalized spacial score (nSPS) is 10.3. The molecule has 2 rings (SSSR count). The summed E-state index contributed by atoms with van der Waals surface area (Å²) in [7, 11) is 6.57. The minimum atomic E-state index is 0.746. The highest BCUT2D eigenvalue weighted by atomic mass is 16.5. The lowest BCUT2D eigenvalue weighted by Crippen LogP contribution is -2.80. The Labute approximate surface area is 137 Å². The summed E-state index contributed by atoms with van der Waals surface area (Å²) in [6.45, 7) is 1.71. The maximum atomic E-state index is 5.33. The third-order valence-corrected chi connectivity index (χ3v) is 3.66. The smallest absolute Gasteiger partial charge is 0.161 e. The van der Waals surface area contributed by atoms with Gasteiger partial charge < -0.3 is 24.3 Å². The van der Waals surface area contributed by atoms with Crippen LogP contribution in [0.3, 0.4) is 0 Å². The van der Waals surface area contributed by atoms with Gasteiger partial charge in [-0.2, -0.15) is 0 Å². The van der Waals surface area contributed by atoms with Gasteiger partial charge in [0.15, 0.2) is 23.0 Å². The second-order valence-electron chi connectivity index (χ2n) is 5.08. The van der Waals surface area contributed by atoms with Gasteiger partial charge in [0.25, 0.3) is 0 Å². The molecule has 0 bridgehead atoms. The van der Waals surface area contributed by atoms with Crippen molar-refractivity contribution < 1.29 is 24.3 Å². The lowest BCUT2D eigenvalue weighted by Gasteiger charge is -2.10. The average Bonchev–Trinajstić information content (AvgIpc) is 2.61. The van der Waals surface area contributed by atoms with Crippen LogP contribution >= 0.6 is 0 Å². The van der Waals surface area contributed by atoms with E-state index in [4.69, 9.17) is 18.9 Å². The van der Waals surface area contributed by atoms with Crippen LogP contribution < -0.4 is 24.3 Å². The largest absolute Gasteiger partial charge is 0.493 e. The van der Waals surface area contributed by atoms with Crippen LogP contribution in [-0.2, 0) is 13.1 Å². The Morgan fingerprint density at radius 2 is 1.00 bits per heavy atom. The highest BCUT2D eigenvalue weighted by molar-refractivity contribution is 5.43. The molecule has 0 aliphatic heterocycles. The molecular formula is C18H24NO4+. The van der Waals surface area contributed by atoms with Crippen LogP contribution in [0.5, 0.6) is 23.0 Å². The molecule has 2 N–H and O–H groups in total. The summed E-state index contributed by atoms with van der Waals surface area (Å²) < 4.78 is 21.2. The van der Waals surface area contributed by atoms with Crippen molar-refractivity contribution >= 4 is 0 Å². The first-order valence-electron chi connectivity index (χ1n) is 7.45. The highest BCUT2D eigenvalue weighted by Crippen LogP contribution is 2.28. The SMILES string of the molecule is COc1ccc(C[NH2+]Cc2ccc(OC)c(OC)c2)cc1OC. The molecule has 0 aliphatic carbocycles. The van der Waals surface area contributed by atoms with Crippen LogP contribution in [-0.4, -0.2) is 28.4 Å². The van der Waals surface area contributed by atoms with E-state index in [1.54, 1.807) is 28.4 Å². The van der Waals surface area contributed by atoms with Gasteiger partial charge in [0.1, 0.15) is 13.1 Å². The van der Waals surface area contributed by atoms with Gasteiger partial charge in [0.05, 0.1) is 28.4 Å². The Kier molecular flexibility index (Phi) is 6.11. The number of ether oxygens (including phenoxy) is 4. The first-order chi connectivity index (χ1) is 11.2. The number of methoxy groups -OCH3 is 4. The molecule has 23 heavy (non-hydrogen) atoms. The van der Waals surface area contributed by atoms with Crippen molar-refractivity contribution in [1.29, 1.82) is 0 Å². The van der Waals surface area contributed by atoms with E-state index in [9.17, 15) is 0 Å². The summed E-state index contributed by atoms with van der Waals surface area (Å²) in [5.74, 6) is 3.00. The Morgan fingerprint density at radius 1 is 0.609 bits per heavy atom. The second kappa shape index (κ2) is 8.29. The summed E-state index contributed by atoms with van der Waals surface area (Å²) in [4.78, 5) is 0. The van der Waals surface area contributed by atoms with E-state index in [-0.39, 0.29) is 0 Å². The van der Waals surface area contributed by atoms with Crippen LogP contribution in [0.1, 0.15) is 11.1 Å². The molecule has 0 amide bonds. The molecule has 0 saturated carbocycles. The fourth-order valence-corrected chi connectivity index (χ4v) is 2.42. The van der Waals surface area contributed by atoms with E-state index in [0.717, 1.165) is 36.1 Å². The number of hydrogen-bond donors (Lipinski definition) is 1. The first kappa shape index (κ1) is 17.0. The fraction of sp³-hybridized carbons (Fsp3) is 0.333. The van der Waals surface area contributed by atoms with Crippen molar-refractivity contribution in [3.63, 3.8) is 0 Å². The van der Waals surface area contributed by atoms with Crippen LogP contribution in [0.4, 0.5) is 0 Å². The van der Waals surface area contributed by atoms with E-state index >= 15 is 0 Å². The molecule has 124 valence electrons. The minimum absolute atomic E-state index is 0.746. The molecule has 0 saturated heterocycles. The van der Waals surface area contributed by atoms with Crippen molar-refractivity contribution in [2.24, 2.45) is 0 Å². The molecule has 0 aliphatic rings. The van der Waals surface area contributed by atoms with E-state index in [1.165, 1.54) is 11.1 Å². The zero-order valence-electron chi connectivity index (χ0n) is 14.1. The van der Waals surface area contributed by atoms with Crippen molar-refractivity contribution in [3.8, 4) is 23.0 Å². The van der Waals surface area contributed by atoms with E-state index < -0.39 is 0 Å². The third-order valence-electron chi connectivity index (χ3n) is 3.66. The molecule has 0 radical (unpaired) electrons. The summed E-state index contributed by atoms with van der Waals surface area (Å²) in [5.41, 5.74) is 2.37. The predicted octanol–water partition coefficient (Wildman–Crippen LogP) is 1.98. The highest BCUT2D eigenvalue weighted by Gasteiger charge is 2.07. The summed E-state index contributed by atoms with van der Waals surface area (Å²) in [5, 5.41) is 2.22. The van der Waals surface area contributed by atoms with Gasteiger partial charge in [-0.1, -0.05) is 0 Å². The zero-order chi connectivity index (χ0) is 16.7. The maximum absolute atomic E-state index is 5.33. The number of hydrogen-bond acceptors (Lipinski definition) is 4. The molecule has 0 atom stereocenters. The van der Waals surface area contributed by atoms with Gasteiger partial charge >= 0.3 is 0 Å². The molecule has 2 aromatic rings. The Balaban J connectivity index is 1.97. The Bertz CT molecular complexity index is 587. The summed E-state index contributed by atoms with van der Waals surface area (Å²) in [6.07, 6.45) is 0. The Morgan fingerprint density at radius 3 is 1.35 bits per heavy atom. The summed E-state index contributed by atoms with van der Waals surface area (Å²) in [6, 6.07) is 12.0. The first-order valence-corrected chi connectivity index (χ1v) is 7.45. The Hall–Kier alpha value is -2.40. The van der Waals surface area contributed by atoms with Crippen LogP contribution in [0, 0.1) is 0 Å². The van der Waals surface area contributed by atoms with Crippen molar-refractivity contribution in [3.05, 3.63) is 47.5 Å². The lowest BCUT2D eigenvalue weighted by atomic mass is 10.1. The van der Waals surface area contributed by atoms with Gasteiger partial charge in [-0.05, 0) is 36.4 Å². The van der Waals surface area contributed by atoms with Gasteiger partial charge in [0, 0.05) is 11.1 Å². The average molecular weight is 318 g/mol. The fourth-order valence-electron chi connectivity index (χ4n) is 2.42. The maximum Gasteiger partial charge on any atom is 0.161 e. The number of quaternary nitrogens is 1. The van der Waals surface area contributed by atoms with E-state index in [2.05, 4.69) is 5.32 Å². The van der Waals surface area contributed by atoms with E-state index in [0.29, 0.717) is 0 Å². The standard InChI is InChI=1S/C18H23NO4/c1-20-15-7-5-13(9-17(15)22-3)11-19-12-14-6-8-16(21-2)18(10-14)23-4/h5-10,19H,11-12H2,1-4H3/p+1. The molecule has 0 unspecified atom stereocenters. The summed E-state index contributed by atoms with van der Waals surface area (Å²) >= 11 is 0. The van der Waals surface area contributed by atoms with Crippen LogP contribution in [0.15, 0.2) is 36.4 Å². The van der Waals surface area contributed by atoms with Gasteiger partial charge in [0.2, 0.25) is 0 Å². The topological polar surface area (TPSA) is 53.5 Å². The number of nitrogens with two attached hydrogens (primary N) is 1. The van der Waals surface area contributed by atoms with Crippen LogP contribution in [0.25, 0.3) is 0 Å². The van der Waals surface area contributed by atoms with Gasteiger partial charge in [-0.15, -0.1) is 0 Å². The van der Waals surface area contributed by atoms with E-state index in [1.807, 2.05) is 36.4 Å². The lowest BCUT2D eigenvalue weighted by molar-refractivity contribution is -0.686. The monoisotopic (exact) mass is 318 g/mol. The quantitative estimate of drug-likeness (QED) is 0.809. The molecule has 0 fully saturated rings. The zero-order valence-corrected chi connectivity index (χ0v) is 14.1. The van der Waals surface area contributed by atoms with Crippen molar-refractivity contribution in [2.45, 2.75) is 13.1 Å². The molecular weight excluding hydrogens is 294 g/mol. The van der Waals surface area contributed by atoms with Crippen molar-refractivity contribution in [2.75, 3.05) is 28.4 Å². The molecule has 5 heteroatoms. The molecule has 5 nitrogen and oxygen atoms in total. The minimum Gasteiger partial charge on any atom is -0.493 e. The molecule has 0 heterocycles. The van der Waals surface area contributed by atoms with Crippen LogP contribution in [0.2, 0.25) is 0 Å². The van der Waals surface area contributed by atoms with Gasteiger partial charge in [-0.25, -0.2) is 0 Å². The number of benzene rings is 2. The third kappa shape index (κ3) is 4.29. The van der Waals surface area contributed by atoms with Crippen molar-refractivity contribution in [1.82, 2.24) is 0 Å².